The normalized spacial score (nSPS) is 18.0. The maximum absolute atomic E-state index is 12.3. The van der Waals surface area contributed by atoms with Crippen LogP contribution in [0.3, 0.4) is 0 Å². The van der Waals surface area contributed by atoms with Crippen molar-refractivity contribution < 1.29 is 13.9 Å². The minimum atomic E-state index is -0.503. The Labute approximate surface area is 156 Å². The zero-order valence-electron chi connectivity index (χ0n) is 15.1. The Morgan fingerprint density at radius 3 is 2.73 bits per heavy atom. The Bertz CT molecular complexity index is 757. The number of hydrogen-bond acceptors (Lipinski definition) is 7. The molecule has 0 aromatic carbocycles. The van der Waals surface area contributed by atoms with Gasteiger partial charge in [0.15, 0.2) is 0 Å². The highest BCUT2D eigenvalue weighted by molar-refractivity contribution is 6.16. The molecule has 1 aliphatic heterocycles. The second kappa shape index (κ2) is 7.57. The van der Waals surface area contributed by atoms with E-state index in [9.17, 15) is 4.79 Å². The van der Waals surface area contributed by atoms with E-state index in [1.807, 2.05) is 26.8 Å². The van der Waals surface area contributed by atoms with Gasteiger partial charge in [-0.3, -0.25) is 0 Å². The molecular weight excluding hydrogens is 358 g/mol. The fraction of sp³-hybridized carbons (Fsp3) is 0.588. The van der Waals surface area contributed by atoms with Crippen LogP contribution in [0.25, 0.3) is 11.6 Å². The third-order valence-electron chi connectivity index (χ3n) is 3.98. The average molecular weight is 380 g/mol. The van der Waals surface area contributed by atoms with Crippen molar-refractivity contribution in [2.45, 2.75) is 51.0 Å². The molecule has 9 heteroatoms. The molecule has 0 N–H and O–H groups in total. The number of hydrogen-bond donors (Lipinski definition) is 0. The molecule has 26 heavy (non-hydrogen) atoms. The molecule has 0 spiro atoms. The predicted molar refractivity (Wildman–Crippen MR) is 94.7 cm³/mol. The van der Waals surface area contributed by atoms with E-state index in [4.69, 9.17) is 20.8 Å². The van der Waals surface area contributed by atoms with Gasteiger partial charge < -0.3 is 14.1 Å². The van der Waals surface area contributed by atoms with Crippen molar-refractivity contribution in [2.75, 3.05) is 13.1 Å². The van der Waals surface area contributed by atoms with Crippen molar-refractivity contribution in [2.24, 2.45) is 0 Å². The molecule has 1 aliphatic rings. The van der Waals surface area contributed by atoms with Gasteiger partial charge in [-0.25, -0.2) is 4.79 Å². The Balaban J connectivity index is 1.67. The van der Waals surface area contributed by atoms with E-state index in [-0.39, 0.29) is 17.9 Å². The summed E-state index contributed by atoms with van der Waals surface area (Å²) < 4.78 is 10.8. The fourth-order valence-corrected chi connectivity index (χ4v) is 2.90. The van der Waals surface area contributed by atoms with Crippen LogP contribution in [0, 0.1) is 0 Å². The lowest BCUT2D eigenvalue weighted by Gasteiger charge is -2.33. The SMILES string of the molecule is CC(C)(C)OC(=O)N1CCCC(c2ccc(-c3nnc(CCl)o3)nn2)C1. The number of alkyl halides is 1. The third kappa shape index (κ3) is 4.49. The zero-order valence-corrected chi connectivity index (χ0v) is 15.9. The largest absolute Gasteiger partial charge is 0.444 e. The molecule has 1 unspecified atom stereocenters. The molecule has 1 fully saturated rings. The van der Waals surface area contributed by atoms with Crippen LogP contribution in [-0.4, -0.2) is 50.1 Å². The van der Waals surface area contributed by atoms with Gasteiger partial charge in [-0.05, 0) is 45.7 Å². The number of rotatable bonds is 3. The van der Waals surface area contributed by atoms with Crippen LogP contribution in [0.15, 0.2) is 16.5 Å². The van der Waals surface area contributed by atoms with Gasteiger partial charge in [0.1, 0.15) is 17.2 Å². The van der Waals surface area contributed by atoms with E-state index in [1.54, 1.807) is 11.0 Å². The Morgan fingerprint density at radius 2 is 2.12 bits per heavy atom. The van der Waals surface area contributed by atoms with Gasteiger partial charge in [0.25, 0.3) is 5.89 Å². The maximum atomic E-state index is 12.3. The first-order chi connectivity index (χ1) is 12.4. The first-order valence-electron chi connectivity index (χ1n) is 8.56. The van der Waals surface area contributed by atoms with E-state index < -0.39 is 5.60 Å². The van der Waals surface area contributed by atoms with Crippen LogP contribution in [0.5, 0.6) is 0 Å². The fourth-order valence-electron chi connectivity index (χ4n) is 2.80. The molecule has 2 aromatic rings. The van der Waals surface area contributed by atoms with Crippen LogP contribution in [0.4, 0.5) is 4.79 Å². The van der Waals surface area contributed by atoms with Gasteiger partial charge in [0.2, 0.25) is 5.89 Å². The molecule has 0 aliphatic carbocycles. The molecule has 3 heterocycles. The minimum Gasteiger partial charge on any atom is -0.444 e. The summed E-state index contributed by atoms with van der Waals surface area (Å²) in [4.78, 5) is 14.0. The number of halogens is 1. The summed E-state index contributed by atoms with van der Waals surface area (Å²) >= 11 is 5.66. The lowest BCUT2D eigenvalue weighted by Crippen LogP contribution is -2.42. The van der Waals surface area contributed by atoms with Crippen LogP contribution < -0.4 is 0 Å². The van der Waals surface area contributed by atoms with Gasteiger partial charge in [-0.1, -0.05) is 0 Å². The van der Waals surface area contributed by atoms with E-state index in [1.165, 1.54) is 0 Å². The first kappa shape index (κ1) is 18.6. The molecule has 0 radical (unpaired) electrons. The van der Waals surface area contributed by atoms with E-state index >= 15 is 0 Å². The zero-order chi connectivity index (χ0) is 18.7. The minimum absolute atomic E-state index is 0.124. The quantitative estimate of drug-likeness (QED) is 0.754. The summed E-state index contributed by atoms with van der Waals surface area (Å²) in [6.07, 6.45) is 1.56. The summed E-state index contributed by atoms with van der Waals surface area (Å²) in [5.41, 5.74) is 0.828. The number of ether oxygens (including phenoxy) is 1. The number of carbonyl (C=O) groups excluding carboxylic acids is 1. The van der Waals surface area contributed by atoms with Crippen molar-refractivity contribution in [3.05, 3.63) is 23.7 Å². The summed E-state index contributed by atoms with van der Waals surface area (Å²) in [7, 11) is 0. The van der Waals surface area contributed by atoms with Crippen LogP contribution in [0.1, 0.15) is 51.1 Å². The lowest BCUT2D eigenvalue weighted by molar-refractivity contribution is 0.0197. The molecule has 0 bridgehead atoms. The van der Waals surface area contributed by atoms with Crippen molar-refractivity contribution in [1.82, 2.24) is 25.3 Å². The van der Waals surface area contributed by atoms with E-state index in [0.717, 1.165) is 18.5 Å². The standard InChI is InChI=1S/C17H22ClN5O3/c1-17(2,3)26-16(24)23-8-4-5-11(10-23)12-6-7-13(20-19-12)15-22-21-14(9-18)25-15/h6-7,11H,4-5,8-10H2,1-3H3. The molecule has 1 saturated heterocycles. The smallest absolute Gasteiger partial charge is 0.410 e. The summed E-state index contributed by atoms with van der Waals surface area (Å²) in [5, 5.41) is 16.2. The molecule has 140 valence electrons. The summed E-state index contributed by atoms with van der Waals surface area (Å²) in [6.45, 7) is 6.86. The highest BCUT2D eigenvalue weighted by Crippen LogP contribution is 2.27. The van der Waals surface area contributed by atoms with E-state index in [0.29, 0.717) is 30.6 Å². The second-order valence-electron chi connectivity index (χ2n) is 7.24. The first-order valence-corrected chi connectivity index (χ1v) is 9.09. The average Bonchev–Trinajstić information content (AvgIpc) is 3.10. The lowest BCUT2D eigenvalue weighted by atomic mass is 9.95. The summed E-state index contributed by atoms with van der Waals surface area (Å²) in [5.74, 6) is 0.909. The van der Waals surface area contributed by atoms with Gasteiger partial charge in [0, 0.05) is 19.0 Å². The Morgan fingerprint density at radius 1 is 1.31 bits per heavy atom. The van der Waals surface area contributed by atoms with Gasteiger partial charge in [0.05, 0.1) is 5.69 Å². The molecule has 2 aromatic heterocycles. The maximum Gasteiger partial charge on any atom is 0.410 e. The topological polar surface area (TPSA) is 94.2 Å². The van der Waals surface area contributed by atoms with Crippen molar-refractivity contribution in [1.29, 1.82) is 0 Å². The monoisotopic (exact) mass is 379 g/mol. The number of likely N-dealkylation sites (tertiary alicyclic amines) is 1. The number of carbonyl (C=O) groups is 1. The Kier molecular flexibility index (Phi) is 5.41. The van der Waals surface area contributed by atoms with E-state index in [2.05, 4.69) is 20.4 Å². The highest BCUT2D eigenvalue weighted by atomic mass is 35.5. The Hall–Kier alpha value is -2.22. The number of piperidine rings is 1. The number of aromatic nitrogens is 4. The van der Waals surface area contributed by atoms with Crippen LogP contribution in [0.2, 0.25) is 0 Å². The molecule has 8 nitrogen and oxygen atoms in total. The van der Waals surface area contributed by atoms with Crippen molar-refractivity contribution >= 4 is 17.7 Å². The van der Waals surface area contributed by atoms with Crippen molar-refractivity contribution in [3.8, 4) is 11.6 Å². The van der Waals surface area contributed by atoms with Crippen molar-refractivity contribution in [3.63, 3.8) is 0 Å². The highest BCUT2D eigenvalue weighted by Gasteiger charge is 2.29. The van der Waals surface area contributed by atoms with Gasteiger partial charge in [-0.15, -0.1) is 26.9 Å². The van der Waals surface area contributed by atoms with Crippen LogP contribution in [-0.2, 0) is 10.6 Å². The molecule has 1 atom stereocenters. The summed E-state index contributed by atoms with van der Waals surface area (Å²) in [6, 6.07) is 3.68. The predicted octanol–water partition coefficient (Wildman–Crippen LogP) is 3.38. The molecular formula is C17H22ClN5O3. The number of amides is 1. The number of nitrogens with zero attached hydrogens (tertiary/aromatic N) is 5. The molecule has 1 amide bonds. The van der Waals surface area contributed by atoms with Gasteiger partial charge >= 0.3 is 6.09 Å². The third-order valence-corrected chi connectivity index (χ3v) is 4.21. The molecule has 0 saturated carbocycles. The molecule has 3 rings (SSSR count). The van der Waals surface area contributed by atoms with Gasteiger partial charge in [-0.2, -0.15) is 5.10 Å². The van der Waals surface area contributed by atoms with Crippen LogP contribution >= 0.6 is 11.6 Å². The second-order valence-corrected chi connectivity index (χ2v) is 7.51.